The molecule has 0 aliphatic carbocycles. The molecule has 0 aliphatic rings. The van der Waals surface area contributed by atoms with E-state index in [0.717, 1.165) is 11.1 Å². The number of rotatable bonds is 3. The Balaban J connectivity index is 2.33. The average molecular weight is 190 g/mol. The number of aromatic amines is 1. The predicted octanol–water partition coefficient (Wildman–Crippen LogP) is 1.42. The highest BCUT2D eigenvalue weighted by Gasteiger charge is 2.06. The van der Waals surface area contributed by atoms with Crippen LogP contribution >= 0.6 is 0 Å². The molecule has 1 aromatic heterocycles. The Bertz CT molecular complexity index is 422. The van der Waals surface area contributed by atoms with E-state index < -0.39 is 6.10 Å². The lowest BCUT2D eigenvalue weighted by molar-refractivity contribution is 0.178. The number of hydrogen-bond donors (Lipinski definition) is 3. The predicted molar refractivity (Wildman–Crippen MR) is 57.2 cm³/mol. The zero-order valence-electron chi connectivity index (χ0n) is 8.12. The second-order valence-electron chi connectivity index (χ2n) is 3.40. The Hall–Kier alpha value is -1.32. The molecule has 0 bridgehead atoms. The molecule has 2 rings (SSSR count). The van der Waals surface area contributed by atoms with Crippen molar-refractivity contribution < 1.29 is 5.11 Å². The zero-order valence-corrected chi connectivity index (χ0v) is 8.12. The second-order valence-corrected chi connectivity index (χ2v) is 3.40. The second kappa shape index (κ2) is 3.82. The van der Waals surface area contributed by atoms with E-state index in [-0.39, 0.29) is 0 Å². The third-order valence-electron chi connectivity index (χ3n) is 2.36. The molecule has 0 saturated carbocycles. The van der Waals surface area contributed by atoms with E-state index in [1.807, 2.05) is 37.5 Å². The van der Waals surface area contributed by atoms with E-state index in [2.05, 4.69) is 10.3 Å². The van der Waals surface area contributed by atoms with Gasteiger partial charge in [0.25, 0.3) is 0 Å². The summed E-state index contributed by atoms with van der Waals surface area (Å²) in [5.74, 6) is 0. The maximum atomic E-state index is 9.74. The van der Waals surface area contributed by atoms with Crippen molar-refractivity contribution in [2.45, 2.75) is 6.10 Å². The molecular formula is C11H14N2O. The standard InChI is InChI=1S/C11H14N2O/c1-12-7-11(14)9-3-2-8-4-5-13-10(8)6-9/h2-6,11-14H,7H2,1H3/t11-/m0/s1. The molecule has 0 spiro atoms. The monoisotopic (exact) mass is 190 g/mol. The Morgan fingerprint density at radius 3 is 3.07 bits per heavy atom. The number of H-pyrrole nitrogens is 1. The van der Waals surface area contributed by atoms with Crippen LogP contribution in [-0.2, 0) is 0 Å². The van der Waals surface area contributed by atoms with E-state index >= 15 is 0 Å². The third-order valence-corrected chi connectivity index (χ3v) is 2.36. The van der Waals surface area contributed by atoms with Crippen molar-refractivity contribution in [1.82, 2.24) is 10.3 Å². The Labute approximate surface area is 82.8 Å². The van der Waals surface area contributed by atoms with Crippen LogP contribution in [0.5, 0.6) is 0 Å². The maximum Gasteiger partial charge on any atom is 0.0915 e. The fourth-order valence-electron chi connectivity index (χ4n) is 1.58. The summed E-state index contributed by atoms with van der Waals surface area (Å²) in [7, 11) is 1.83. The highest BCUT2D eigenvalue weighted by atomic mass is 16.3. The fourth-order valence-corrected chi connectivity index (χ4v) is 1.58. The fraction of sp³-hybridized carbons (Fsp3) is 0.273. The summed E-state index contributed by atoms with van der Waals surface area (Å²) in [4.78, 5) is 3.13. The number of aliphatic hydroxyl groups excluding tert-OH is 1. The quantitative estimate of drug-likeness (QED) is 0.685. The average Bonchev–Trinajstić information content (AvgIpc) is 2.64. The van der Waals surface area contributed by atoms with Crippen LogP contribution in [0, 0.1) is 0 Å². The van der Waals surface area contributed by atoms with Gasteiger partial charge in [-0.1, -0.05) is 12.1 Å². The van der Waals surface area contributed by atoms with Gasteiger partial charge in [0.2, 0.25) is 0 Å². The van der Waals surface area contributed by atoms with E-state index in [1.54, 1.807) is 0 Å². The van der Waals surface area contributed by atoms with Crippen LogP contribution in [0.2, 0.25) is 0 Å². The molecule has 0 aliphatic heterocycles. The number of fused-ring (bicyclic) bond motifs is 1. The third kappa shape index (κ3) is 1.64. The van der Waals surface area contributed by atoms with Gasteiger partial charge in [-0.3, -0.25) is 0 Å². The molecule has 0 radical (unpaired) electrons. The summed E-state index contributed by atoms with van der Waals surface area (Å²) in [6, 6.07) is 7.97. The molecule has 14 heavy (non-hydrogen) atoms. The van der Waals surface area contributed by atoms with Gasteiger partial charge in [0.1, 0.15) is 0 Å². The van der Waals surface area contributed by atoms with Crippen LogP contribution in [0.1, 0.15) is 11.7 Å². The molecule has 0 unspecified atom stereocenters. The largest absolute Gasteiger partial charge is 0.387 e. The molecule has 1 atom stereocenters. The Morgan fingerprint density at radius 1 is 1.43 bits per heavy atom. The van der Waals surface area contributed by atoms with Gasteiger partial charge in [0, 0.05) is 18.3 Å². The van der Waals surface area contributed by atoms with Gasteiger partial charge in [0.05, 0.1) is 6.10 Å². The SMILES string of the molecule is CNC[C@H](O)c1ccc2cc[nH]c2c1. The van der Waals surface area contributed by atoms with Crippen LogP contribution < -0.4 is 5.32 Å². The first kappa shape index (κ1) is 9.24. The summed E-state index contributed by atoms with van der Waals surface area (Å²) in [6.07, 6.45) is 1.46. The van der Waals surface area contributed by atoms with E-state index in [0.29, 0.717) is 6.54 Å². The van der Waals surface area contributed by atoms with Gasteiger partial charge in [-0.15, -0.1) is 0 Å². The molecule has 3 heteroatoms. The zero-order chi connectivity index (χ0) is 9.97. The molecule has 0 fully saturated rings. The number of likely N-dealkylation sites (N-methyl/N-ethyl adjacent to an activating group) is 1. The Morgan fingerprint density at radius 2 is 2.29 bits per heavy atom. The smallest absolute Gasteiger partial charge is 0.0915 e. The van der Waals surface area contributed by atoms with Gasteiger partial charge in [-0.05, 0) is 30.1 Å². The summed E-state index contributed by atoms with van der Waals surface area (Å²) >= 11 is 0. The van der Waals surface area contributed by atoms with Crippen LogP contribution in [-0.4, -0.2) is 23.7 Å². The molecule has 1 heterocycles. The maximum absolute atomic E-state index is 9.74. The lowest BCUT2D eigenvalue weighted by atomic mass is 10.1. The molecule has 74 valence electrons. The minimum absolute atomic E-state index is 0.437. The van der Waals surface area contributed by atoms with Crippen molar-refractivity contribution in [2.75, 3.05) is 13.6 Å². The molecule has 0 amide bonds. The van der Waals surface area contributed by atoms with Crippen LogP contribution in [0.4, 0.5) is 0 Å². The lowest BCUT2D eigenvalue weighted by Crippen LogP contribution is -2.16. The molecule has 1 aromatic carbocycles. The first-order valence-corrected chi connectivity index (χ1v) is 4.71. The van der Waals surface area contributed by atoms with Crippen molar-refractivity contribution in [1.29, 1.82) is 0 Å². The summed E-state index contributed by atoms with van der Waals surface area (Å²) in [5.41, 5.74) is 2.01. The molecule has 3 nitrogen and oxygen atoms in total. The number of hydrogen-bond acceptors (Lipinski definition) is 2. The van der Waals surface area contributed by atoms with Gasteiger partial charge in [0.15, 0.2) is 0 Å². The number of aromatic nitrogens is 1. The van der Waals surface area contributed by atoms with Gasteiger partial charge in [-0.2, -0.15) is 0 Å². The Kier molecular flexibility index (Phi) is 2.52. The van der Waals surface area contributed by atoms with Crippen molar-refractivity contribution in [2.24, 2.45) is 0 Å². The summed E-state index contributed by atoms with van der Waals surface area (Å²) in [6.45, 7) is 0.576. The van der Waals surface area contributed by atoms with E-state index in [1.165, 1.54) is 5.39 Å². The van der Waals surface area contributed by atoms with Crippen molar-refractivity contribution in [3.05, 3.63) is 36.0 Å². The highest BCUT2D eigenvalue weighted by molar-refractivity contribution is 5.79. The topological polar surface area (TPSA) is 48.0 Å². The summed E-state index contributed by atoms with van der Waals surface area (Å²) in [5, 5.41) is 13.9. The first-order chi connectivity index (χ1) is 6.81. The lowest BCUT2D eigenvalue weighted by Gasteiger charge is -2.09. The van der Waals surface area contributed by atoms with Crippen LogP contribution in [0.3, 0.4) is 0 Å². The number of aliphatic hydroxyl groups is 1. The van der Waals surface area contributed by atoms with Crippen molar-refractivity contribution in [3.8, 4) is 0 Å². The highest BCUT2D eigenvalue weighted by Crippen LogP contribution is 2.18. The van der Waals surface area contributed by atoms with Crippen LogP contribution in [0.25, 0.3) is 10.9 Å². The number of benzene rings is 1. The van der Waals surface area contributed by atoms with Gasteiger partial charge >= 0.3 is 0 Å². The first-order valence-electron chi connectivity index (χ1n) is 4.71. The molecule has 3 N–H and O–H groups in total. The molecular weight excluding hydrogens is 176 g/mol. The van der Waals surface area contributed by atoms with Gasteiger partial charge in [-0.25, -0.2) is 0 Å². The van der Waals surface area contributed by atoms with Crippen LogP contribution in [0.15, 0.2) is 30.5 Å². The minimum Gasteiger partial charge on any atom is -0.387 e. The number of nitrogens with one attached hydrogen (secondary N) is 2. The van der Waals surface area contributed by atoms with Gasteiger partial charge < -0.3 is 15.4 Å². The normalized spacial score (nSPS) is 13.3. The van der Waals surface area contributed by atoms with Crippen molar-refractivity contribution >= 4 is 10.9 Å². The minimum atomic E-state index is -0.437. The molecule has 2 aromatic rings. The van der Waals surface area contributed by atoms with E-state index in [4.69, 9.17) is 0 Å². The molecule has 0 saturated heterocycles. The van der Waals surface area contributed by atoms with E-state index in [9.17, 15) is 5.11 Å². The van der Waals surface area contributed by atoms with Crippen molar-refractivity contribution in [3.63, 3.8) is 0 Å². The summed E-state index contributed by atoms with van der Waals surface area (Å²) < 4.78 is 0.